The zero-order valence-electron chi connectivity index (χ0n) is 15.8. The summed E-state index contributed by atoms with van der Waals surface area (Å²) >= 11 is 3.15. The van der Waals surface area contributed by atoms with Gasteiger partial charge in [0, 0.05) is 5.33 Å². The van der Waals surface area contributed by atoms with Gasteiger partial charge in [-0.05, 0) is 44.5 Å². The topological polar surface area (TPSA) is 0 Å². The Bertz CT molecular complexity index is 984. The number of rotatable bonds is 0. The predicted octanol–water partition coefficient (Wildman–Crippen LogP) is 7.43. The molecule has 136 valence electrons. The molecule has 4 aromatic carbocycles. The van der Waals surface area contributed by atoms with Crippen molar-refractivity contribution in [3.63, 3.8) is 0 Å². The molecule has 0 radical (unpaired) electrons. The van der Waals surface area contributed by atoms with Crippen LogP contribution in [0.4, 0.5) is 0 Å². The van der Waals surface area contributed by atoms with Crippen LogP contribution < -0.4 is 0 Å². The lowest BCUT2D eigenvalue weighted by atomic mass is 9.70. The summed E-state index contributed by atoms with van der Waals surface area (Å²) in [5.41, 5.74) is 10.9. The fourth-order valence-corrected chi connectivity index (χ4v) is 5.05. The second-order valence-electron chi connectivity index (χ2n) is 7.20. The molecule has 0 saturated heterocycles. The van der Waals surface area contributed by atoms with Crippen molar-refractivity contribution in [3.8, 4) is 22.3 Å². The first-order valence-electron chi connectivity index (χ1n) is 9.78. The Morgan fingerprint density at radius 2 is 0.714 bits per heavy atom. The van der Waals surface area contributed by atoms with Crippen LogP contribution in [0.5, 0.6) is 0 Å². The second kappa shape index (κ2) is 6.76. The van der Waals surface area contributed by atoms with Gasteiger partial charge in [-0.2, -0.15) is 0 Å². The Balaban J connectivity index is 0.000000538. The number of halogens is 1. The van der Waals surface area contributed by atoms with E-state index < -0.39 is 0 Å². The monoisotopic (exact) mass is 424 g/mol. The molecule has 0 amide bonds. The molecule has 6 rings (SSSR count). The van der Waals surface area contributed by atoms with Crippen molar-refractivity contribution in [2.24, 2.45) is 0 Å². The predicted molar refractivity (Wildman–Crippen MR) is 122 cm³/mol. The van der Waals surface area contributed by atoms with E-state index in [4.69, 9.17) is 0 Å². The molecule has 1 spiro atoms. The molecule has 0 unspecified atom stereocenters. The van der Waals surface area contributed by atoms with Gasteiger partial charge in [0.05, 0.1) is 5.41 Å². The molecule has 0 atom stereocenters. The van der Waals surface area contributed by atoms with Crippen LogP contribution in [0.15, 0.2) is 97.1 Å². The van der Waals surface area contributed by atoms with E-state index >= 15 is 0 Å². The van der Waals surface area contributed by atoms with E-state index in [-0.39, 0.29) is 5.41 Å². The minimum Gasteiger partial charge on any atom is -0.0931 e. The lowest BCUT2D eigenvalue weighted by Gasteiger charge is -2.30. The SMILES string of the molecule is CCBr.c1ccc2c(c1)-c1ccccc1C21c2ccccc2-c2ccccc21. The Hall–Kier alpha value is -2.64. The van der Waals surface area contributed by atoms with Crippen LogP contribution >= 0.6 is 15.9 Å². The molecule has 0 aliphatic heterocycles. The van der Waals surface area contributed by atoms with E-state index in [1.165, 1.54) is 44.5 Å². The van der Waals surface area contributed by atoms with Gasteiger partial charge in [0.25, 0.3) is 0 Å². The normalized spacial score (nSPS) is 13.8. The number of alkyl halides is 1. The molecule has 0 fully saturated rings. The van der Waals surface area contributed by atoms with E-state index in [1.54, 1.807) is 0 Å². The number of benzene rings is 4. The number of fused-ring (bicyclic) bond motifs is 10. The Morgan fingerprint density at radius 3 is 0.964 bits per heavy atom. The van der Waals surface area contributed by atoms with Crippen LogP contribution in [0.25, 0.3) is 22.3 Å². The van der Waals surface area contributed by atoms with Crippen molar-refractivity contribution in [1.82, 2.24) is 0 Å². The molecule has 2 aliphatic rings. The summed E-state index contributed by atoms with van der Waals surface area (Å²) in [4.78, 5) is 0. The van der Waals surface area contributed by atoms with Crippen molar-refractivity contribution in [2.45, 2.75) is 12.3 Å². The summed E-state index contributed by atoms with van der Waals surface area (Å²) < 4.78 is 0. The van der Waals surface area contributed by atoms with Gasteiger partial charge in [-0.3, -0.25) is 0 Å². The van der Waals surface area contributed by atoms with Crippen molar-refractivity contribution in [1.29, 1.82) is 0 Å². The molecule has 2 aliphatic carbocycles. The molecule has 1 heteroatoms. The third-order valence-electron chi connectivity index (χ3n) is 5.90. The second-order valence-corrected chi connectivity index (χ2v) is 8.32. The van der Waals surface area contributed by atoms with Crippen LogP contribution in [0.1, 0.15) is 29.2 Å². The van der Waals surface area contributed by atoms with Crippen LogP contribution in [0.2, 0.25) is 0 Å². The van der Waals surface area contributed by atoms with E-state index in [0.29, 0.717) is 0 Å². The number of hydrogen-bond acceptors (Lipinski definition) is 0. The highest BCUT2D eigenvalue weighted by Crippen LogP contribution is 2.62. The maximum absolute atomic E-state index is 3.15. The molecule has 4 aromatic rings. The largest absolute Gasteiger partial charge is 0.0931 e. The quantitative estimate of drug-likeness (QED) is 0.222. The highest BCUT2D eigenvalue weighted by molar-refractivity contribution is 9.09. The smallest absolute Gasteiger partial charge is 0.0725 e. The van der Waals surface area contributed by atoms with Gasteiger partial charge in [0.15, 0.2) is 0 Å². The van der Waals surface area contributed by atoms with Crippen LogP contribution in [0, 0.1) is 0 Å². The van der Waals surface area contributed by atoms with Crippen LogP contribution in [0.3, 0.4) is 0 Å². The van der Waals surface area contributed by atoms with E-state index in [0.717, 1.165) is 5.33 Å². The third-order valence-corrected chi connectivity index (χ3v) is 5.90. The van der Waals surface area contributed by atoms with Gasteiger partial charge < -0.3 is 0 Å². The zero-order valence-corrected chi connectivity index (χ0v) is 17.4. The van der Waals surface area contributed by atoms with Crippen LogP contribution in [-0.4, -0.2) is 5.33 Å². The lowest BCUT2D eigenvalue weighted by molar-refractivity contribution is 0.794. The van der Waals surface area contributed by atoms with Crippen molar-refractivity contribution < 1.29 is 0 Å². The Labute approximate surface area is 175 Å². The molecule has 0 saturated carbocycles. The summed E-state index contributed by atoms with van der Waals surface area (Å²) in [6.45, 7) is 2.04. The van der Waals surface area contributed by atoms with E-state index in [9.17, 15) is 0 Å². The zero-order chi connectivity index (χ0) is 19.1. The minimum atomic E-state index is -0.180. The first kappa shape index (κ1) is 17.5. The fourth-order valence-electron chi connectivity index (χ4n) is 5.05. The standard InChI is InChI=1S/C25H16.C2H5Br/c1-5-13-21-17(9-1)18-10-2-6-14-22(18)25(21)23-15-7-3-11-19(23)20-12-4-8-16-24(20)25;1-2-3/h1-16H;2H2,1H3. The van der Waals surface area contributed by atoms with Gasteiger partial charge >= 0.3 is 0 Å². The molecule has 0 N–H and O–H groups in total. The van der Waals surface area contributed by atoms with Crippen molar-refractivity contribution >= 4 is 15.9 Å². The summed E-state index contributed by atoms with van der Waals surface area (Å²) in [6.07, 6.45) is 0. The molecule has 0 aromatic heterocycles. The Kier molecular flexibility index (Phi) is 4.21. The molecule has 28 heavy (non-hydrogen) atoms. The maximum atomic E-state index is 3.15. The average Bonchev–Trinajstić information content (AvgIpc) is 3.22. The average molecular weight is 425 g/mol. The van der Waals surface area contributed by atoms with Gasteiger partial charge in [-0.1, -0.05) is 120 Å². The van der Waals surface area contributed by atoms with E-state index in [2.05, 4.69) is 113 Å². The first-order valence-corrected chi connectivity index (χ1v) is 10.9. The molecular formula is C27H21Br. The molecule has 0 bridgehead atoms. The summed E-state index contributed by atoms with van der Waals surface area (Å²) in [5, 5.41) is 1.06. The first-order chi connectivity index (χ1) is 13.8. The molecule has 0 nitrogen and oxygen atoms in total. The fraction of sp³-hybridized carbons (Fsp3) is 0.111. The van der Waals surface area contributed by atoms with Gasteiger partial charge in [-0.15, -0.1) is 0 Å². The van der Waals surface area contributed by atoms with Gasteiger partial charge in [-0.25, -0.2) is 0 Å². The minimum absolute atomic E-state index is 0.180. The van der Waals surface area contributed by atoms with Crippen molar-refractivity contribution in [2.75, 3.05) is 5.33 Å². The Morgan fingerprint density at radius 1 is 0.500 bits per heavy atom. The summed E-state index contributed by atoms with van der Waals surface area (Å²) in [7, 11) is 0. The maximum Gasteiger partial charge on any atom is 0.0725 e. The molecule has 0 heterocycles. The number of hydrogen-bond donors (Lipinski definition) is 0. The third kappa shape index (κ3) is 2.17. The summed E-state index contributed by atoms with van der Waals surface area (Å²) in [5.74, 6) is 0. The lowest BCUT2D eigenvalue weighted by Crippen LogP contribution is -2.25. The van der Waals surface area contributed by atoms with Crippen LogP contribution in [-0.2, 0) is 5.41 Å². The van der Waals surface area contributed by atoms with Gasteiger partial charge in [0.1, 0.15) is 0 Å². The van der Waals surface area contributed by atoms with Gasteiger partial charge in [0.2, 0.25) is 0 Å². The molecular weight excluding hydrogens is 404 g/mol. The highest BCUT2D eigenvalue weighted by atomic mass is 79.9. The highest BCUT2D eigenvalue weighted by Gasteiger charge is 2.51. The van der Waals surface area contributed by atoms with E-state index in [1.807, 2.05) is 6.92 Å². The van der Waals surface area contributed by atoms with Crippen molar-refractivity contribution in [3.05, 3.63) is 119 Å². The summed E-state index contributed by atoms with van der Waals surface area (Å²) in [6, 6.07) is 35.7.